The second-order valence-electron chi connectivity index (χ2n) is 7.84. The summed E-state index contributed by atoms with van der Waals surface area (Å²) >= 11 is 1.67. The largest absolute Gasteiger partial charge is 0.493 e. The molecule has 4 nitrogen and oxygen atoms in total. The molecule has 0 aliphatic rings. The summed E-state index contributed by atoms with van der Waals surface area (Å²) in [5, 5.41) is 3.92. The van der Waals surface area contributed by atoms with Crippen LogP contribution in [0.2, 0.25) is 0 Å². The first-order valence-corrected chi connectivity index (χ1v) is 12.1. The van der Waals surface area contributed by atoms with E-state index in [4.69, 9.17) is 9.15 Å². The summed E-state index contributed by atoms with van der Waals surface area (Å²) in [6.45, 7) is 6.45. The van der Waals surface area contributed by atoms with E-state index in [1.807, 2.05) is 56.5 Å². The van der Waals surface area contributed by atoms with Crippen LogP contribution in [0.3, 0.4) is 0 Å². The minimum Gasteiger partial charge on any atom is -0.493 e. The first-order valence-electron chi connectivity index (χ1n) is 10.9. The van der Waals surface area contributed by atoms with Crippen LogP contribution in [0.4, 0.5) is 5.69 Å². The van der Waals surface area contributed by atoms with Crippen molar-refractivity contribution in [1.82, 2.24) is 0 Å². The lowest BCUT2D eigenvalue weighted by atomic mass is 9.98. The van der Waals surface area contributed by atoms with Gasteiger partial charge in [-0.3, -0.25) is 4.79 Å². The second kappa shape index (κ2) is 10.0. The molecule has 0 saturated heterocycles. The number of furan rings is 1. The molecule has 4 aromatic rings. The number of rotatable bonds is 7. The Hall–Kier alpha value is -3.44. The summed E-state index contributed by atoms with van der Waals surface area (Å²) < 4.78 is 11.7. The Morgan fingerprint density at radius 1 is 1.09 bits per heavy atom. The van der Waals surface area contributed by atoms with E-state index in [-0.39, 0.29) is 5.91 Å². The lowest BCUT2D eigenvalue weighted by Gasteiger charge is -2.12. The zero-order valence-electron chi connectivity index (χ0n) is 19.3. The van der Waals surface area contributed by atoms with Gasteiger partial charge in [-0.1, -0.05) is 29.8 Å². The van der Waals surface area contributed by atoms with E-state index >= 15 is 0 Å². The maximum absolute atomic E-state index is 12.7. The molecule has 3 aromatic carbocycles. The van der Waals surface area contributed by atoms with Gasteiger partial charge in [0, 0.05) is 39.2 Å². The van der Waals surface area contributed by atoms with Gasteiger partial charge in [-0.2, -0.15) is 0 Å². The van der Waals surface area contributed by atoms with Crippen LogP contribution < -0.4 is 10.1 Å². The molecule has 1 amide bonds. The SMILES string of the molecule is CCOc1cc2occ(-c3ccc(C)cc3)c2cc1/C(C)=C/C(=O)Nc1ccc(SC)cc1. The number of benzene rings is 3. The van der Waals surface area contributed by atoms with E-state index in [1.54, 1.807) is 24.1 Å². The standard InChI is InChI=1S/C28H27NO3S/c1-5-31-26-16-27-24(25(17-32-27)20-8-6-18(2)7-9-20)15-23(26)19(3)14-28(30)29-21-10-12-22(33-4)13-11-21/h6-17H,5H2,1-4H3,(H,29,30)/b19-14+. The number of ether oxygens (including phenoxy) is 1. The highest BCUT2D eigenvalue weighted by Gasteiger charge is 2.15. The molecule has 168 valence electrons. The minimum absolute atomic E-state index is 0.183. The third kappa shape index (κ3) is 5.15. The number of aryl methyl sites for hydroxylation is 1. The van der Waals surface area contributed by atoms with Crippen molar-refractivity contribution in [3.05, 3.63) is 84.1 Å². The number of nitrogens with one attached hydrogen (secondary N) is 1. The zero-order valence-corrected chi connectivity index (χ0v) is 20.1. The van der Waals surface area contributed by atoms with E-state index in [2.05, 4.69) is 36.5 Å². The average Bonchev–Trinajstić information content (AvgIpc) is 3.22. The Kier molecular flexibility index (Phi) is 6.90. The molecule has 0 bridgehead atoms. The van der Waals surface area contributed by atoms with Crippen molar-refractivity contribution in [3.8, 4) is 16.9 Å². The number of anilines is 1. The molecule has 0 atom stereocenters. The van der Waals surface area contributed by atoms with Gasteiger partial charge < -0.3 is 14.5 Å². The molecule has 0 spiro atoms. The fourth-order valence-corrected chi connectivity index (χ4v) is 4.13. The summed E-state index contributed by atoms with van der Waals surface area (Å²) in [4.78, 5) is 13.9. The maximum Gasteiger partial charge on any atom is 0.248 e. The minimum atomic E-state index is -0.183. The Labute approximate surface area is 198 Å². The molecule has 0 aliphatic heterocycles. The van der Waals surface area contributed by atoms with Crippen molar-refractivity contribution in [2.45, 2.75) is 25.7 Å². The molecular weight excluding hydrogens is 430 g/mol. The van der Waals surface area contributed by atoms with Crippen LogP contribution in [0, 0.1) is 6.92 Å². The van der Waals surface area contributed by atoms with Gasteiger partial charge in [0.15, 0.2) is 0 Å². The van der Waals surface area contributed by atoms with Crippen molar-refractivity contribution < 1.29 is 13.9 Å². The van der Waals surface area contributed by atoms with Crippen molar-refractivity contribution in [1.29, 1.82) is 0 Å². The Bertz CT molecular complexity index is 1300. The molecule has 1 heterocycles. The van der Waals surface area contributed by atoms with Crippen molar-refractivity contribution in [2.75, 3.05) is 18.2 Å². The van der Waals surface area contributed by atoms with E-state index < -0.39 is 0 Å². The number of carbonyl (C=O) groups is 1. The molecule has 0 fully saturated rings. The topological polar surface area (TPSA) is 51.5 Å². The molecule has 0 unspecified atom stereocenters. The average molecular weight is 458 g/mol. The fourth-order valence-electron chi connectivity index (χ4n) is 3.72. The summed E-state index contributed by atoms with van der Waals surface area (Å²) in [6, 6.07) is 20.1. The molecular formula is C28H27NO3S. The van der Waals surface area contributed by atoms with Crippen LogP contribution >= 0.6 is 11.8 Å². The molecule has 5 heteroatoms. The first kappa shape index (κ1) is 22.7. The van der Waals surface area contributed by atoms with Gasteiger partial charge in [-0.15, -0.1) is 11.8 Å². The summed E-state index contributed by atoms with van der Waals surface area (Å²) in [5.74, 6) is 0.513. The van der Waals surface area contributed by atoms with Gasteiger partial charge in [0.2, 0.25) is 5.91 Å². The third-order valence-corrected chi connectivity index (χ3v) is 6.21. The molecule has 1 N–H and O–H groups in total. The Balaban J connectivity index is 1.69. The highest BCUT2D eigenvalue weighted by atomic mass is 32.2. The van der Waals surface area contributed by atoms with Crippen molar-refractivity contribution >= 4 is 39.9 Å². The van der Waals surface area contributed by atoms with Gasteiger partial charge in [0.05, 0.1) is 12.9 Å². The number of amides is 1. The molecule has 0 aliphatic carbocycles. The van der Waals surface area contributed by atoms with E-state index in [1.165, 1.54) is 5.56 Å². The maximum atomic E-state index is 12.7. The molecule has 1 aromatic heterocycles. The van der Waals surface area contributed by atoms with Crippen LogP contribution in [0.15, 0.2) is 82.3 Å². The number of hydrogen-bond donors (Lipinski definition) is 1. The van der Waals surface area contributed by atoms with E-state index in [0.717, 1.165) is 43.8 Å². The molecule has 4 rings (SSSR count). The van der Waals surface area contributed by atoms with Gasteiger partial charge >= 0.3 is 0 Å². The van der Waals surface area contributed by atoms with Crippen LogP contribution in [0.25, 0.3) is 27.7 Å². The monoisotopic (exact) mass is 457 g/mol. The molecule has 33 heavy (non-hydrogen) atoms. The van der Waals surface area contributed by atoms with Gasteiger partial charge in [0.25, 0.3) is 0 Å². The van der Waals surface area contributed by atoms with Crippen molar-refractivity contribution in [3.63, 3.8) is 0 Å². The molecule has 0 radical (unpaired) electrons. The lowest BCUT2D eigenvalue weighted by molar-refractivity contribution is -0.111. The first-order chi connectivity index (χ1) is 16.0. The fraction of sp³-hybridized carbons (Fsp3) is 0.179. The summed E-state index contributed by atoms with van der Waals surface area (Å²) in [6.07, 6.45) is 5.41. The lowest BCUT2D eigenvalue weighted by Crippen LogP contribution is -2.08. The predicted octanol–water partition coefficient (Wildman–Crippen LogP) is 7.57. The van der Waals surface area contributed by atoms with Crippen molar-refractivity contribution in [2.24, 2.45) is 0 Å². The second-order valence-corrected chi connectivity index (χ2v) is 8.72. The van der Waals surface area contributed by atoms with Gasteiger partial charge in [-0.05, 0) is 68.5 Å². The number of hydrogen-bond acceptors (Lipinski definition) is 4. The van der Waals surface area contributed by atoms with Gasteiger partial charge in [-0.25, -0.2) is 0 Å². The van der Waals surface area contributed by atoms with Crippen LogP contribution in [-0.4, -0.2) is 18.8 Å². The smallest absolute Gasteiger partial charge is 0.248 e. The molecule has 0 saturated carbocycles. The van der Waals surface area contributed by atoms with Gasteiger partial charge in [0.1, 0.15) is 11.3 Å². The highest BCUT2D eigenvalue weighted by Crippen LogP contribution is 2.37. The summed E-state index contributed by atoms with van der Waals surface area (Å²) in [7, 11) is 0. The number of fused-ring (bicyclic) bond motifs is 1. The Morgan fingerprint density at radius 3 is 2.48 bits per heavy atom. The number of allylic oxidation sites excluding steroid dienone is 1. The quantitative estimate of drug-likeness (QED) is 0.230. The van der Waals surface area contributed by atoms with E-state index in [0.29, 0.717) is 12.4 Å². The predicted molar refractivity (Wildman–Crippen MR) is 138 cm³/mol. The highest BCUT2D eigenvalue weighted by molar-refractivity contribution is 7.98. The van der Waals surface area contributed by atoms with Crippen LogP contribution in [0.1, 0.15) is 25.0 Å². The van der Waals surface area contributed by atoms with E-state index in [9.17, 15) is 4.79 Å². The third-order valence-electron chi connectivity index (χ3n) is 5.47. The number of thioether (sulfide) groups is 1. The number of carbonyl (C=O) groups excluding carboxylic acids is 1. The normalized spacial score (nSPS) is 11.6. The Morgan fingerprint density at radius 2 is 1.82 bits per heavy atom. The van der Waals surface area contributed by atoms with Crippen LogP contribution in [0.5, 0.6) is 5.75 Å². The summed E-state index contributed by atoms with van der Waals surface area (Å²) in [5.41, 5.74) is 6.51. The zero-order chi connectivity index (χ0) is 23.4. The van der Waals surface area contributed by atoms with Crippen LogP contribution in [-0.2, 0) is 4.79 Å².